The molecule has 0 aliphatic carbocycles. The zero-order valence-electron chi connectivity index (χ0n) is 13.6. The molecule has 0 saturated carbocycles. The van der Waals surface area contributed by atoms with E-state index < -0.39 is 0 Å². The fraction of sp³-hybridized carbons (Fsp3) is 0.118. The van der Waals surface area contributed by atoms with Gasteiger partial charge in [0.25, 0.3) is 0 Å². The normalized spacial score (nSPS) is 11.2. The number of rotatable bonds is 4. The summed E-state index contributed by atoms with van der Waals surface area (Å²) >= 11 is 8.64. The first-order valence-electron chi connectivity index (χ1n) is 7.44. The quantitative estimate of drug-likeness (QED) is 0.496. The number of H-pyrrole nitrogens is 1. The molecule has 3 rings (SSSR count). The fourth-order valence-corrected chi connectivity index (χ4v) is 2.80. The number of aromatic hydroxyl groups is 1. The molecule has 2 aromatic carbocycles. The molecule has 0 spiro atoms. The second kappa shape index (κ2) is 7.20. The van der Waals surface area contributed by atoms with Crippen molar-refractivity contribution < 1.29 is 5.11 Å². The first-order valence-corrected chi connectivity index (χ1v) is 8.64. The predicted octanol–water partition coefficient (Wildman–Crippen LogP) is 4.02. The highest BCUT2D eigenvalue weighted by Gasteiger charge is 2.09. The molecule has 0 unspecified atom stereocenters. The van der Waals surface area contributed by atoms with Crippen LogP contribution in [-0.2, 0) is 0 Å². The van der Waals surface area contributed by atoms with E-state index in [0.717, 1.165) is 15.7 Å². The van der Waals surface area contributed by atoms with E-state index in [2.05, 4.69) is 31.2 Å². The number of hydrogen-bond donors (Lipinski definition) is 2. The molecule has 0 radical (unpaired) electrons. The van der Waals surface area contributed by atoms with Crippen LogP contribution in [0.2, 0.25) is 0 Å². The average Bonchev–Trinajstić information content (AvgIpc) is 2.96. The van der Waals surface area contributed by atoms with Crippen molar-refractivity contribution in [2.75, 3.05) is 19.0 Å². The van der Waals surface area contributed by atoms with Crippen molar-refractivity contribution in [3.05, 3.63) is 57.3 Å². The summed E-state index contributed by atoms with van der Waals surface area (Å²) in [7, 11) is 3.97. The molecule has 8 heteroatoms. The molecule has 0 atom stereocenters. The van der Waals surface area contributed by atoms with Crippen molar-refractivity contribution in [3.63, 3.8) is 0 Å². The molecule has 0 aliphatic rings. The van der Waals surface area contributed by atoms with E-state index in [0.29, 0.717) is 16.2 Å². The number of phenols is 1. The number of nitrogens with one attached hydrogen (secondary N) is 1. The van der Waals surface area contributed by atoms with Gasteiger partial charge in [0, 0.05) is 35.4 Å². The van der Waals surface area contributed by atoms with Crippen LogP contribution >= 0.6 is 28.1 Å². The van der Waals surface area contributed by atoms with Crippen molar-refractivity contribution in [2.24, 2.45) is 5.10 Å². The van der Waals surface area contributed by atoms with E-state index in [-0.39, 0.29) is 5.75 Å². The molecule has 0 bridgehead atoms. The molecule has 2 N–H and O–H groups in total. The topological polar surface area (TPSA) is 69.4 Å². The molecule has 0 fully saturated rings. The third-order valence-electron chi connectivity index (χ3n) is 3.59. The lowest BCUT2D eigenvalue weighted by Crippen LogP contribution is -2.08. The van der Waals surface area contributed by atoms with Crippen LogP contribution in [0.5, 0.6) is 5.75 Å². The Morgan fingerprint density at radius 3 is 2.64 bits per heavy atom. The highest BCUT2D eigenvalue weighted by molar-refractivity contribution is 9.10. The highest BCUT2D eigenvalue weighted by atomic mass is 79.9. The van der Waals surface area contributed by atoms with Gasteiger partial charge in [0.2, 0.25) is 4.77 Å². The Kier molecular flexibility index (Phi) is 5.00. The van der Waals surface area contributed by atoms with Gasteiger partial charge in [0.05, 0.1) is 6.21 Å². The van der Waals surface area contributed by atoms with Crippen LogP contribution < -0.4 is 4.90 Å². The maximum atomic E-state index is 9.93. The highest BCUT2D eigenvalue weighted by Crippen LogP contribution is 2.22. The third-order valence-corrected chi connectivity index (χ3v) is 4.35. The minimum absolute atomic E-state index is 0.138. The number of aromatic nitrogens is 3. The Morgan fingerprint density at radius 2 is 1.96 bits per heavy atom. The predicted molar refractivity (Wildman–Crippen MR) is 106 cm³/mol. The Labute approximate surface area is 158 Å². The lowest BCUT2D eigenvalue weighted by molar-refractivity contribution is 0.474. The first-order chi connectivity index (χ1) is 12.0. The number of halogens is 1. The molecular formula is C17H16BrN5OS. The number of aromatic amines is 1. The molecule has 0 amide bonds. The maximum absolute atomic E-state index is 9.93. The number of nitrogens with zero attached hydrogens (tertiary/aromatic N) is 4. The Morgan fingerprint density at radius 1 is 1.24 bits per heavy atom. The number of benzene rings is 2. The van der Waals surface area contributed by atoms with Crippen LogP contribution in [-0.4, -0.2) is 40.3 Å². The Hall–Kier alpha value is -2.45. The number of anilines is 1. The Bertz CT molecular complexity index is 975. The van der Waals surface area contributed by atoms with Crippen molar-refractivity contribution in [1.29, 1.82) is 0 Å². The van der Waals surface area contributed by atoms with E-state index >= 15 is 0 Å². The second-order valence-corrected chi connectivity index (χ2v) is 6.86. The molecule has 0 saturated heterocycles. The molecule has 128 valence electrons. The molecule has 1 heterocycles. The number of phenolic OH excluding ortho intramolecular Hbond substituents is 1. The lowest BCUT2D eigenvalue weighted by atomic mass is 10.2. The van der Waals surface area contributed by atoms with E-state index in [4.69, 9.17) is 12.2 Å². The molecule has 1 aromatic heterocycles. The van der Waals surface area contributed by atoms with Gasteiger partial charge in [0.15, 0.2) is 5.82 Å². The van der Waals surface area contributed by atoms with Crippen LogP contribution in [0.3, 0.4) is 0 Å². The van der Waals surface area contributed by atoms with Crippen molar-refractivity contribution in [2.45, 2.75) is 0 Å². The van der Waals surface area contributed by atoms with Crippen LogP contribution in [0.1, 0.15) is 5.56 Å². The minimum Gasteiger partial charge on any atom is -0.507 e. The van der Waals surface area contributed by atoms with Gasteiger partial charge in [-0.3, -0.25) is 0 Å². The summed E-state index contributed by atoms with van der Waals surface area (Å²) in [5.74, 6) is 0.736. The monoisotopic (exact) mass is 417 g/mol. The van der Waals surface area contributed by atoms with Gasteiger partial charge < -0.3 is 10.0 Å². The van der Waals surface area contributed by atoms with E-state index in [1.165, 1.54) is 4.68 Å². The van der Waals surface area contributed by atoms with E-state index in [1.807, 2.05) is 43.3 Å². The van der Waals surface area contributed by atoms with Gasteiger partial charge >= 0.3 is 0 Å². The van der Waals surface area contributed by atoms with Crippen molar-refractivity contribution in [3.8, 4) is 17.1 Å². The summed E-state index contributed by atoms with van der Waals surface area (Å²) < 4.78 is 2.75. The van der Waals surface area contributed by atoms with Crippen molar-refractivity contribution in [1.82, 2.24) is 14.9 Å². The smallest absolute Gasteiger partial charge is 0.216 e. The van der Waals surface area contributed by atoms with E-state index in [9.17, 15) is 5.11 Å². The number of hydrogen-bond acceptors (Lipinski definition) is 5. The summed E-state index contributed by atoms with van der Waals surface area (Å²) in [6.45, 7) is 0. The largest absolute Gasteiger partial charge is 0.507 e. The summed E-state index contributed by atoms with van der Waals surface area (Å²) in [6.07, 6.45) is 1.54. The molecule has 25 heavy (non-hydrogen) atoms. The summed E-state index contributed by atoms with van der Waals surface area (Å²) in [5, 5.41) is 21.3. The maximum Gasteiger partial charge on any atom is 0.216 e. The molecule has 0 aliphatic heterocycles. The zero-order valence-corrected chi connectivity index (χ0v) is 16.0. The van der Waals surface area contributed by atoms with E-state index in [1.54, 1.807) is 24.4 Å². The second-order valence-electron chi connectivity index (χ2n) is 5.55. The average molecular weight is 418 g/mol. The van der Waals surface area contributed by atoms with Gasteiger partial charge in [-0.05, 0) is 54.7 Å². The van der Waals surface area contributed by atoms with Gasteiger partial charge in [-0.25, -0.2) is 5.10 Å². The van der Waals surface area contributed by atoms with Crippen LogP contribution in [0.15, 0.2) is 52.0 Å². The van der Waals surface area contributed by atoms with Gasteiger partial charge in [0.1, 0.15) is 5.75 Å². The molecular weight excluding hydrogens is 402 g/mol. The SMILES string of the molecule is CN(C)c1ccc(-c2n[nH]c(=S)n2N=Cc2cc(Br)ccc2O)cc1. The van der Waals surface area contributed by atoms with Crippen LogP contribution in [0.25, 0.3) is 11.4 Å². The van der Waals surface area contributed by atoms with Crippen LogP contribution in [0, 0.1) is 4.77 Å². The fourth-order valence-electron chi connectivity index (χ4n) is 2.24. The van der Waals surface area contributed by atoms with Crippen LogP contribution in [0.4, 0.5) is 5.69 Å². The van der Waals surface area contributed by atoms with Gasteiger partial charge in [-0.15, -0.1) is 0 Å². The van der Waals surface area contributed by atoms with Crippen molar-refractivity contribution >= 4 is 40.0 Å². The molecule has 3 aromatic rings. The molecule has 6 nitrogen and oxygen atoms in total. The standard InChI is InChI=1S/C17H16BrN5OS/c1-22(2)14-6-3-11(4-7-14)16-20-21-17(25)23(16)19-10-12-9-13(18)5-8-15(12)24/h3-10,24H,1-2H3,(H,21,25). The zero-order chi connectivity index (χ0) is 18.0. The third kappa shape index (κ3) is 3.80. The van der Waals surface area contributed by atoms with Gasteiger partial charge in [-0.2, -0.15) is 14.9 Å². The minimum atomic E-state index is 0.138. The lowest BCUT2D eigenvalue weighted by Gasteiger charge is -2.12. The Balaban J connectivity index is 1.98. The summed E-state index contributed by atoms with van der Waals surface area (Å²) in [5.41, 5.74) is 2.55. The van der Waals surface area contributed by atoms with Gasteiger partial charge in [-0.1, -0.05) is 15.9 Å². The first kappa shape index (κ1) is 17.4. The summed E-state index contributed by atoms with van der Waals surface area (Å²) in [4.78, 5) is 2.02. The summed E-state index contributed by atoms with van der Waals surface area (Å²) in [6, 6.07) is 13.1.